The molecule has 2 rings (SSSR count). The zero-order valence-electron chi connectivity index (χ0n) is 11.2. The summed E-state index contributed by atoms with van der Waals surface area (Å²) in [6, 6.07) is 12.7. The summed E-state index contributed by atoms with van der Waals surface area (Å²) in [4.78, 5) is 11.9. The van der Waals surface area contributed by atoms with Gasteiger partial charge in [0, 0.05) is 28.0 Å². The van der Waals surface area contributed by atoms with E-state index >= 15 is 0 Å². The maximum Gasteiger partial charge on any atom is 0.220 e. The molecule has 0 saturated carbocycles. The second-order valence-corrected chi connectivity index (χ2v) is 5.85. The standard InChI is InChI=1S/C16H14Cl3NO/c17-13-7-5-11(15(19)9-13)6-8-16(21)20-10-12-3-1-2-4-14(12)18/h1-5,7,9H,6,8,10H2,(H,20,21). The molecule has 0 fully saturated rings. The van der Waals surface area contributed by atoms with Crippen LogP contribution in [0.4, 0.5) is 0 Å². The number of carbonyl (C=O) groups is 1. The van der Waals surface area contributed by atoms with Gasteiger partial charge in [-0.05, 0) is 35.7 Å². The van der Waals surface area contributed by atoms with Crippen molar-refractivity contribution >= 4 is 40.7 Å². The van der Waals surface area contributed by atoms with Gasteiger partial charge < -0.3 is 5.32 Å². The van der Waals surface area contributed by atoms with Crippen molar-refractivity contribution < 1.29 is 4.79 Å². The number of carbonyl (C=O) groups excluding carboxylic acids is 1. The molecule has 0 bridgehead atoms. The summed E-state index contributed by atoms with van der Waals surface area (Å²) in [6.45, 7) is 0.423. The quantitative estimate of drug-likeness (QED) is 0.823. The topological polar surface area (TPSA) is 29.1 Å². The summed E-state index contributed by atoms with van der Waals surface area (Å²) in [5, 5.41) is 4.67. The maximum atomic E-state index is 11.9. The highest BCUT2D eigenvalue weighted by Gasteiger charge is 2.07. The number of halogens is 3. The van der Waals surface area contributed by atoms with Crippen LogP contribution in [0, 0.1) is 0 Å². The summed E-state index contributed by atoms with van der Waals surface area (Å²) in [5.74, 6) is -0.0408. The highest BCUT2D eigenvalue weighted by Crippen LogP contribution is 2.22. The van der Waals surface area contributed by atoms with Crippen LogP contribution in [0.1, 0.15) is 17.5 Å². The van der Waals surface area contributed by atoms with Gasteiger partial charge in [-0.3, -0.25) is 4.79 Å². The molecule has 0 aliphatic heterocycles. The fourth-order valence-electron chi connectivity index (χ4n) is 1.90. The van der Waals surface area contributed by atoms with Crippen LogP contribution in [0.3, 0.4) is 0 Å². The average molecular weight is 343 g/mol. The Bertz CT molecular complexity index is 643. The second kappa shape index (κ2) is 7.69. The molecule has 110 valence electrons. The van der Waals surface area contributed by atoms with Gasteiger partial charge in [-0.25, -0.2) is 0 Å². The number of hydrogen-bond donors (Lipinski definition) is 1. The van der Waals surface area contributed by atoms with E-state index in [9.17, 15) is 4.79 Å². The predicted octanol–water partition coefficient (Wildman–Crippen LogP) is 4.90. The summed E-state index contributed by atoms with van der Waals surface area (Å²) < 4.78 is 0. The molecule has 0 spiro atoms. The van der Waals surface area contributed by atoms with E-state index in [1.165, 1.54) is 0 Å². The molecule has 2 nitrogen and oxygen atoms in total. The van der Waals surface area contributed by atoms with E-state index in [0.717, 1.165) is 11.1 Å². The normalized spacial score (nSPS) is 10.4. The van der Waals surface area contributed by atoms with Gasteiger partial charge in [-0.2, -0.15) is 0 Å². The van der Waals surface area contributed by atoms with Gasteiger partial charge in [0.1, 0.15) is 0 Å². The largest absolute Gasteiger partial charge is 0.352 e. The minimum absolute atomic E-state index is 0.0408. The van der Waals surface area contributed by atoms with Crippen molar-refractivity contribution in [3.63, 3.8) is 0 Å². The number of amides is 1. The monoisotopic (exact) mass is 341 g/mol. The first-order valence-electron chi connectivity index (χ1n) is 6.50. The summed E-state index contributed by atoms with van der Waals surface area (Å²) in [5.41, 5.74) is 1.81. The fourth-order valence-corrected chi connectivity index (χ4v) is 2.60. The second-order valence-electron chi connectivity index (χ2n) is 4.60. The zero-order valence-corrected chi connectivity index (χ0v) is 13.5. The van der Waals surface area contributed by atoms with Crippen molar-refractivity contribution in [2.24, 2.45) is 0 Å². The Kier molecular flexibility index (Phi) is 5.92. The lowest BCUT2D eigenvalue weighted by molar-refractivity contribution is -0.121. The minimum atomic E-state index is -0.0408. The Morgan fingerprint density at radius 1 is 0.952 bits per heavy atom. The van der Waals surface area contributed by atoms with E-state index < -0.39 is 0 Å². The van der Waals surface area contributed by atoms with Crippen LogP contribution in [-0.2, 0) is 17.8 Å². The summed E-state index contributed by atoms with van der Waals surface area (Å²) >= 11 is 17.9. The molecule has 21 heavy (non-hydrogen) atoms. The molecule has 0 aliphatic rings. The third-order valence-electron chi connectivity index (χ3n) is 3.07. The third kappa shape index (κ3) is 4.92. The number of nitrogens with one attached hydrogen (secondary N) is 1. The molecule has 1 amide bonds. The Morgan fingerprint density at radius 2 is 1.71 bits per heavy atom. The van der Waals surface area contributed by atoms with Crippen molar-refractivity contribution in [2.45, 2.75) is 19.4 Å². The van der Waals surface area contributed by atoms with E-state index in [1.54, 1.807) is 18.2 Å². The van der Waals surface area contributed by atoms with E-state index in [4.69, 9.17) is 34.8 Å². The lowest BCUT2D eigenvalue weighted by atomic mass is 10.1. The van der Waals surface area contributed by atoms with Gasteiger partial charge >= 0.3 is 0 Å². The SMILES string of the molecule is O=C(CCc1ccc(Cl)cc1Cl)NCc1ccccc1Cl. The first kappa shape index (κ1) is 16.2. The molecular formula is C16H14Cl3NO. The van der Waals surface area contributed by atoms with E-state index in [-0.39, 0.29) is 5.91 Å². The molecule has 2 aromatic rings. The molecule has 0 aliphatic carbocycles. The van der Waals surface area contributed by atoms with Gasteiger partial charge in [-0.1, -0.05) is 59.1 Å². The Balaban J connectivity index is 1.84. The van der Waals surface area contributed by atoms with Gasteiger partial charge in [-0.15, -0.1) is 0 Å². The van der Waals surface area contributed by atoms with Gasteiger partial charge in [0.2, 0.25) is 5.91 Å². The van der Waals surface area contributed by atoms with Crippen LogP contribution in [-0.4, -0.2) is 5.91 Å². The lowest BCUT2D eigenvalue weighted by Gasteiger charge is -2.08. The Morgan fingerprint density at radius 3 is 2.43 bits per heavy atom. The molecule has 0 unspecified atom stereocenters. The molecule has 1 N–H and O–H groups in total. The van der Waals surface area contributed by atoms with Gasteiger partial charge in [0.25, 0.3) is 0 Å². The first-order chi connectivity index (χ1) is 10.1. The van der Waals surface area contributed by atoms with Crippen molar-refractivity contribution in [1.29, 1.82) is 0 Å². The van der Waals surface area contributed by atoms with Crippen LogP contribution in [0.5, 0.6) is 0 Å². The fraction of sp³-hybridized carbons (Fsp3) is 0.188. The van der Waals surface area contributed by atoms with Crippen molar-refractivity contribution in [3.05, 3.63) is 68.7 Å². The van der Waals surface area contributed by atoms with E-state index in [0.29, 0.717) is 34.5 Å². The highest BCUT2D eigenvalue weighted by molar-refractivity contribution is 6.35. The zero-order chi connectivity index (χ0) is 15.2. The maximum absolute atomic E-state index is 11.9. The molecule has 2 aromatic carbocycles. The molecule has 0 atom stereocenters. The molecule has 0 heterocycles. The molecule has 0 radical (unpaired) electrons. The highest BCUT2D eigenvalue weighted by atomic mass is 35.5. The molecule has 5 heteroatoms. The first-order valence-corrected chi connectivity index (χ1v) is 7.63. The molecule has 0 aromatic heterocycles. The average Bonchev–Trinajstić information content (AvgIpc) is 2.45. The van der Waals surface area contributed by atoms with E-state index in [2.05, 4.69) is 5.32 Å². The lowest BCUT2D eigenvalue weighted by Crippen LogP contribution is -2.23. The summed E-state index contributed by atoms with van der Waals surface area (Å²) in [7, 11) is 0. The number of aryl methyl sites for hydroxylation is 1. The van der Waals surface area contributed by atoms with Crippen LogP contribution in [0.25, 0.3) is 0 Å². The Labute approximate surface area is 139 Å². The smallest absolute Gasteiger partial charge is 0.220 e. The molecule has 0 saturated heterocycles. The predicted molar refractivity (Wildman–Crippen MR) is 88.1 cm³/mol. The van der Waals surface area contributed by atoms with Crippen LogP contribution < -0.4 is 5.32 Å². The molecular weight excluding hydrogens is 329 g/mol. The van der Waals surface area contributed by atoms with Crippen LogP contribution in [0.15, 0.2) is 42.5 Å². The van der Waals surface area contributed by atoms with E-state index in [1.807, 2.05) is 24.3 Å². The minimum Gasteiger partial charge on any atom is -0.352 e. The number of rotatable bonds is 5. The van der Waals surface area contributed by atoms with Crippen molar-refractivity contribution in [2.75, 3.05) is 0 Å². The van der Waals surface area contributed by atoms with Crippen molar-refractivity contribution in [1.82, 2.24) is 5.32 Å². The summed E-state index contributed by atoms with van der Waals surface area (Å²) in [6.07, 6.45) is 0.941. The van der Waals surface area contributed by atoms with Gasteiger partial charge in [0.05, 0.1) is 0 Å². The Hall–Kier alpha value is -1.22. The van der Waals surface area contributed by atoms with Crippen LogP contribution in [0.2, 0.25) is 15.1 Å². The third-order valence-corrected chi connectivity index (χ3v) is 4.03. The number of hydrogen-bond acceptors (Lipinski definition) is 1. The van der Waals surface area contributed by atoms with Gasteiger partial charge in [0.15, 0.2) is 0 Å². The number of benzene rings is 2. The van der Waals surface area contributed by atoms with Crippen molar-refractivity contribution in [3.8, 4) is 0 Å². The van der Waals surface area contributed by atoms with Crippen LogP contribution >= 0.6 is 34.8 Å².